The fraction of sp³-hybridized carbons (Fsp3) is 0.244. The second-order valence-corrected chi connectivity index (χ2v) is 11.8. The second-order valence-electron chi connectivity index (χ2n) is 11.8. The largest absolute Gasteiger partial charge is 0.497 e. The number of methoxy groups -OCH3 is 4. The first-order valence-electron chi connectivity index (χ1n) is 16.9. The Morgan fingerprint density at radius 2 is 0.759 bits per heavy atom. The van der Waals surface area contributed by atoms with Gasteiger partial charge >= 0.3 is 12.2 Å². The van der Waals surface area contributed by atoms with Gasteiger partial charge in [0.05, 0.1) is 28.4 Å². The van der Waals surface area contributed by atoms with Crippen LogP contribution in [0, 0.1) is 0 Å². The van der Waals surface area contributed by atoms with Crippen molar-refractivity contribution >= 4 is 12.2 Å². The molecular formula is C41H43N3O10. The molecule has 54 heavy (non-hydrogen) atoms. The lowest BCUT2D eigenvalue weighted by atomic mass is 10.1. The van der Waals surface area contributed by atoms with Gasteiger partial charge in [-0.1, -0.05) is 54.6 Å². The number of hydrogen-bond acceptors (Lipinski definition) is 11. The summed E-state index contributed by atoms with van der Waals surface area (Å²) in [6.07, 6.45) is -1.21. The van der Waals surface area contributed by atoms with Gasteiger partial charge in [-0.2, -0.15) is 4.98 Å². The van der Waals surface area contributed by atoms with E-state index in [9.17, 15) is 9.59 Å². The maximum atomic E-state index is 13.3. The van der Waals surface area contributed by atoms with Crippen molar-refractivity contribution in [1.29, 1.82) is 0 Å². The molecule has 13 nitrogen and oxygen atoms in total. The Balaban J connectivity index is 1.17. The van der Waals surface area contributed by atoms with Crippen LogP contribution in [0.4, 0.5) is 9.59 Å². The molecule has 0 aliphatic rings. The molecule has 5 aromatic rings. The predicted octanol–water partition coefficient (Wildman–Crippen LogP) is 7.47. The van der Waals surface area contributed by atoms with E-state index in [0.717, 1.165) is 22.3 Å². The molecule has 0 N–H and O–H groups in total. The first-order chi connectivity index (χ1) is 26.3. The van der Waals surface area contributed by atoms with Crippen LogP contribution in [0.2, 0.25) is 0 Å². The summed E-state index contributed by atoms with van der Waals surface area (Å²) in [4.78, 5) is 34.0. The summed E-state index contributed by atoms with van der Waals surface area (Å²) in [5, 5.41) is 0. The van der Waals surface area contributed by atoms with Gasteiger partial charge in [-0.05, 0) is 70.8 Å². The Hall–Kier alpha value is -6.63. The zero-order valence-corrected chi connectivity index (χ0v) is 30.6. The summed E-state index contributed by atoms with van der Waals surface area (Å²) in [5.74, 6) is 2.96. The first kappa shape index (κ1) is 38.6. The number of pyridine rings is 1. The summed E-state index contributed by atoms with van der Waals surface area (Å²) >= 11 is 0. The Kier molecular flexibility index (Phi) is 14.2. The average molecular weight is 738 g/mol. The number of amides is 2. The van der Waals surface area contributed by atoms with E-state index in [4.69, 9.17) is 37.9 Å². The van der Waals surface area contributed by atoms with Crippen molar-refractivity contribution < 1.29 is 47.5 Å². The third kappa shape index (κ3) is 11.7. The van der Waals surface area contributed by atoms with Crippen LogP contribution in [-0.4, -0.2) is 69.0 Å². The van der Waals surface area contributed by atoms with E-state index in [0.29, 0.717) is 23.0 Å². The van der Waals surface area contributed by atoms with Gasteiger partial charge in [0.1, 0.15) is 23.0 Å². The number of carbonyl (C=O) groups excluding carboxylic acids is 2. The Bertz CT molecular complexity index is 1740. The Morgan fingerprint density at radius 1 is 0.463 bits per heavy atom. The standard InChI is InChI=1S/C41H43N3O10/c1-47-34-14-5-10-30(20-34)24-43(25-31-11-6-15-35(21-31)48-2)40(45)53-28-51-38-18-9-19-39(42-38)52-29-54-41(46)44(26-32-12-7-16-36(22-32)49-3)27-33-13-8-17-37(23-33)50-4/h5-23H,24-29H2,1-4H3. The smallest absolute Gasteiger partial charge is 0.413 e. The minimum atomic E-state index is -0.604. The van der Waals surface area contributed by atoms with E-state index < -0.39 is 25.8 Å². The minimum absolute atomic E-state index is 0.136. The summed E-state index contributed by atoms with van der Waals surface area (Å²) in [5.41, 5.74) is 3.41. The molecule has 0 atom stereocenters. The molecule has 0 spiro atoms. The van der Waals surface area contributed by atoms with Crippen molar-refractivity contribution in [3.05, 3.63) is 138 Å². The molecular weight excluding hydrogens is 694 g/mol. The van der Waals surface area contributed by atoms with E-state index >= 15 is 0 Å². The molecule has 4 aromatic carbocycles. The third-order valence-corrected chi connectivity index (χ3v) is 8.02. The fourth-order valence-corrected chi connectivity index (χ4v) is 5.35. The average Bonchev–Trinajstić information content (AvgIpc) is 3.20. The topological polar surface area (TPSA) is 127 Å². The fourth-order valence-electron chi connectivity index (χ4n) is 5.35. The zero-order chi connectivity index (χ0) is 38.1. The quantitative estimate of drug-likeness (QED) is 0.0832. The summed E-state index contributed by atoms with van der Waals surface area (Å²) < 4.78 is 43.7. The van der Waals surface area contributed by atoms with Crippen LogP contribution >= 0.6 is 0 Å². The number of ether oxygens (including phenoxy) is 8. The van der Waals surface area contributed by atoms with E-state index in [2.05, 4.69) is 4.98 Å². The van der Waals surface area contributed by atoms with Gasteiger partial charge in [-0.25, -0.2) is 9.59 Å². The molecule has 0 fully saturated rings. The molecule has 1 heterocycles. The van der Waals surface area contributed by atoms with Gasteiger partial charge in [0.25, 0.3) is 0 Å². The van der Waals surface area contributed by atoms with Crippen LogP contribution in [0.5, 0.6) is 34.8 Å². The van der Waals surface area contributed by atoms with Gasteiger partial charge in [0, 0.05) is 38.3 Å². The van der Waals surface area contributed by atoms with Crippen molar-refractivity contribution in [1.82, 2.24) is 14.8 Å². The lowest BCUT2D eigenvalue weighted by molar-refractivity contribution is 0.0250. The second kappa shape index (κ2) is 19.8. The summed E-state index contributed by atoms with van der Waals surface area (Å²) in [6, 6.07) is 34.6. The molecule has 0 aliphatic heterocycles. The van der Waals surface area contributed by atoms with Crippen molar-refractivity contribution in [2.24, 2.45) is 0 Å². The molecule has 1 aromatic heterocycles. The van der Waals surface area contributed by atoms with Crippen LogP contribution in [0.15, 0.2) is 115 Å². The van der Waals surface area contributed by atoms with E-state index in [-0.39, 0.29) is 37.9 Å². The maximum absolute atomic E-state index is 13.3. The number of rotatable bonds is 18. The highest BCUT2D eigenvalue weighted by Gasteiger charge is 2.19. The van der Waals surface area contributed by atoms with Gasteiger partial charge < -0.3 is 37.9 Å². The maximum Gasteiger partial charge on any atom is 0.413 e. The highest BCUT2D eigenvalue weighted by Crippen LogP contribution is 2.22. The molecule has 282 valence electrons. The molecule has 0 saturated carbocycles. The van der Waals surface area contributed by atoms with Crippen molar-refractivity contribution in [3.8, 4) is 34.8 Å². The predicted molar refractivity (Wildman–Crippen MR) is 199 cm³/mol. The van der Waals surface area contributed by atoms with E-state index in [1.165, 1.54) is 0 Å². The van der Waals surface area contributed by atoms with Crippen LogP contribution in [0.25, 0.3) is 0 Å². The van der Waals surface area contributed by atoms with Gasteiger partial charge in [0.2, 0.25) is 25.3 Å². The Morgan fingerprint density at radius 3 is 1.06 bits per heavy atom. The minimum Gasteiger partial charge on any atom is -0.497 e. The lowest BCUT2D eigenvalue weighted by Gasteiger charge is -2.23. The first-order valence-corrected chi connectivity index (χ1v) is 16.9. The van der Waals surface area contributed by atoms with Crippen molar-refractivity contribution in [2.75, 3.05) is 42.0 Å². The van der Waals surface area contributed by atoms with Gasteiger partial charge in [0.15, 0.2) is 0 Å². The molecule has 5 rings (SSSR count). The molecule has 13 heteroatoms. The van der Waals surface area contributed by atoms with Gasteiger partial charge in [-0.15, -0.1) is 0 Å². The molecule has 2 amide bonds. The van der Waals surface area contributed by atoms with Crippen LogP contribution in [0.1, 0.15) is 22.3 Å². The Labute approximate surface area is 314 Å². The molecule has 0 radical (unpaired) electrons. The number of benzene rings is 4. The zero-order valence-electron chi connectivity index (χ0n) is 30.6. The monoisotopic (exact) mass is 737 g/mol. The number of nitrogens with zero attached hydrogens (tertiary/aromatic N) is 3. The highest BCUT2D eigenvalue weighted by molar-refractivity contribution is 5.68. The SMILES string of the molecule is COc1cccc(CN(Cc2cccc(OC)c2)C(=O)OCOc2cccc(OCOC(=O)N(Cc3cccc(OC)c3)Cc3cccc(OC)c3)n2)c1. The van der Waals surface area contributed by atoms with Crippen molar-refractivity contribution in [3.63, 3.8) is 0 Å². The van der Waals surface area contributed by atoms with E-state index in [1.54, 1.807) is 56.4 Å². The summed E-state index contributed by atoms with van der Waals surface area (Å²) in [6.45, 7) is 0.184. The molecule has 0 saturated heterocycles. The molecule has 0 bridgehead atoms. The lowest BCUT2D eigenvalue weighted by Crippen LogP contribution is -2.32. The summed E-state index contributed by atoms with van der Waals surface area (Å²) in [7, 11) is 6.35. The van der Waals surface area contributed by atoms with Crippen molar-refractivity contribution in [2.45, 2.75) is 26.2 Å². The molecule has 0 aliphatic carbocycles. The van der Waals surface area contributed by atoms with Crippen LogP contribution in [0.3, 0.4) is 0 Å². The van der Waals surface area contributed by atoms with E-state index in [1.807, 2.05) is 97.1 Å². The molecule has 0 unspecified atom stereocenters. The normalized spacial score (nSPS) is 10.4. The number of aromatic nitrogens is 1. The van der Waals surface area contributed by atoms with Crippen LogP contribution < -0.4 is 28.4 Å². The number of carbonyl (C=O) groups is 2. The van der Waals surface area contributed by atoms with Crippen LogP contribution in [-0.2, 0) is 35.7 Å². The number of hydrogen-bond donors (Lipinski definition) is 0. The highest BCUT2D eigenvalue weighted by atomic mass is 16.7. The van der Waals surface area contributed by atoms with Gasteiger partial charge in [-0.3, -0.25) is 9.80 Å². The third-order valence-electron chi connectivity index (χ3n) is 8.02.